The Kier molecular flexibility index (Phi) is 8.67. The number of nitrogens with one attached hydrogen (secondary N) is 3. The molecule has 4 heterocycles. The number of thiophene rings is 1. The lowest BCUT2D eigenvalue weighted by Crippen LogP contribution is -2.39. The lowest BCUT2D eigenvalue weighted by Gasteiger charge is -2.26. The van der Waals surface area contributed by atoms with E-state index in [4.69, 9.17) is 4.74 Å². The van der Waals surface area contributed by atoms with Crippen LogP contribution in [0.15, 0.2) is 49.1 Å². The predicted molar refractivity (Wildman–Crippen MR) is 165 cm³/mol. The fourth-order valence-electron chi connectivity index (χ4n) is 4.54. The number of aromatic nitrogens is 4. The van der Waals surface area contributed by atoms with Crippen molar-refractivity contribution in [3.63, 3.8) is 0 Å². The molecule has 0 spiro atoms. The van der Waals surface area contributed by atoms with Crippen LogP contribution in [0.25, 0.3) is 5.82 Å². The third kappa shape index (κ3) is 7.10. The van der Waals surface area contributed by atoms with Crippen molar-refractivity contribution in [2.45, 2.75) is 40.0 Å². The van der Waals surface area contributed by atoms with E-state index in [9.17, 15) is 4.79 Å². The summed E-state index contributed by atoms with van der Waals surface area (Å²) >= 11 is 1.55. The maximum Gasteiger partial charge on any atom is 0.266 e. The van der Waals surface area contributed by atoms with Gasteiger partial charge in [-0.05, 0) is 48.6 Å². The number of amides is 1. The van der Waals surface area contributed by atoms with Crippen molar-refractivity contribution in [3.8, 4) is 5.82 Å². The van der Waals surface area contributed by atoms with Crippen molar-refractivity contribution in [3.05, 3.63) is 69.9 Å². The van der Waals surface area contributed by atoms with Crippen LogP contribution in [-0.2, 0) is 10.2 Å². The number of ether oxygens (including phenoxy) is 1. The summed E-state index contributed by atoms with van der Waals surface area (Å²) in [6.45, 7) is 15.7. The Morgan fingerprint density at radius 1 is 1.05 bits per heavy atom. The summed E-state index contributed by atoms with van der Waals surface area (Å²) < 4.78 is 7.30. The topological polar surface area (TPSA) is 109 Å². The number of rotatable bonds is 9. The van der Waals surface area contributed by atoms with Gasteiger partial charge >= 0.3 is 0 Å². The molecule has 4 aromatic rings. The molecule has 0 unspecified atom stereocenters. The van der Waals surface area contributed by atoms with Crippen LogP contribution in [0.4, 0.5) is 23.1 Å². The van der Waals surface area contributed by atoms with E-state index in [1.165, 1.54) is 4.88 Å². The van der Waals surface area contributed by atoms with E-state index in [1.807, 2.05) is 48.9 Å². The highest BCUT2D eigenvalue weighted by atomic mass is 32.1. The molecule has 1 aliphatic rings. The quantitative estimate of drug-likeness (QED) is 0.245. The standard InChI is InChI=1S/C30H38N8O2S/c1-20-6-7-22(35-28(39)27-21(2)16-24(41-27)30(3,4)5)17-23(20)36-29-32-9-11-38(29)26-18-25(33-19-34-26)31-8-10-37-12-14-40-15-13-37/h6-7,9,11,16-19H,8,10,12-15H2,1-5H3,(H,32,36)(H,35,39)(H,31,33,34). The van der Waals surface area contributed by atoms with Gasteiger partial charge in [-0.25, -0.2) is 15.0 Å². The maximum atomic E-state index is 13.2. The number of imidazole rings is 1. The molecule has 0 radical (unpaired) electrons. The van der Waals surface area contributed by atoms with Crippen LogP contribution in [0.2, 0.25) is 0 Å². The van der Waals surface area contributed by atoms with Gasteiger partial charge in [0.15, 0.2) is 0 Å². The first kappa shape index (κ1) is 28.7. The molecule has 0 atom stereocenters. The zero-order valence-electron chi connectivity index (χ0n) is 24.3. The van der Waals surface area contributed by atoms with Gasteiger partial charge in [0.05, 0.1) is 18.1 Å². The molecule has 3 N–H and O–H groups in total. The van der Waals surface area contributed by atoms with E-state index in [0.29, 0.717) is 17.5 Å². The first-order chi connectivity index (χ1) is 19.7. The molecule has 1 saturated heterocycles. The highest BCUT2D eigenvalue weighted by molar-refractivity contribution is 7.14. The van der Waals surface area contributed by atoms with Gasteiger partial charge in [0.2, 0.25) is 5.95 Å². The van der Waals surface area contributed by atoms with Gasteiger partial charge in [0, 0.05) is 60.9 Å². The third-order valence-electron chi connectivity index (χ3n) is 6.98. The van der Waals surface area contributed by atoms with Crippen LogP contribution in [0.1, 0.15) is 46.4 Å². The molecule has 1 fully saturated rings. The molecule has 1 aromatic carbocycles. The molecular formula is C30H38N8O2S. The molecule has 41 heavy (non-hydrogen) atoms. The van der Waals surface area contributed by atoms with Gasteiger partial charge in [0.1, 0.15) is 18.0 Å². The van der Waals surface area contributed by atoms with Crippen LogP contribution in [0.5, 0.6) is 0 Å². The number of nitrogens with zero attached hydrogens (tertiary/aromatic N) is 5. The Balaban J connectivity index is 1.27. The van der Waals surface area contributed by atoms with Gasteiger partial charge in [-0.3, -0.25) is 14.3 Å². The highest BCUT2D eigenvalue weighted by Crippen LogP contribution is 2.33. The molecule has 0 saturated carbocycles. The molecule has 11 heteroatoms. The smallest absolute Gasteiger partial charge is 0.266 e. The van der Waals surface area contributed by atoms with E-state index < -0.39 is 0 Å². The number of hydrogen-bond acceptors (Lipinski definition) is 9. The number of carbonyl (C=O) groups excluding carboxylic acids is 1. The molecule has 0 aliphatic carbocycles. The van der Waals surface area contributed by atoms with E-state index in [0.717, 1.165) is 66.9 Å². The minimum absolute atomic E-state index is 0.000230. The summed E-state index contributed by atoms with van der Waals surface area (Å²) in [5.41, 5.74) is 3.56. The summed E-state index contributed by atoms with van der Waals surface area (Å²) in [6, 6.07) is 9.84. The molecule has 0 bridgehead atoms. The number of benzene rings is 1. The first-order valence-corrected chi connectivity index (χ1v) is 14.7. The largest absolute Gasteiger partial charge is 0.379 e. The van der Waals surface area contributed by atoms with E-state index in [-0.39, 0.29) is 11.3 Å². The number of hydrogen-bond donors (Lipinski definition) is 3. The Bertz CT molecular complexity index is 1500. The Morgan fingerprint density at radius 2 is 1.85 bits per heavy atom. The molecule has 1 aliphatic heterocycles. The summed E-state index contributed by atoms with van der Waals surface area (Å²) in [5.74, 6) is 1.95. The van der Waals surface area contributed by atoms with Crippen molar-refractivity contribution in [1.82, 2.24) is 24.4 Å². The molecule has 10 nitrogen and oxygen atoms in total. The molecule has 1 amide bonds. The van der Waals surface area contributed by atoms with Crippen molar-refractivity contribution in [2.24, 2.45) is 0 Å². The average Bonchev–Trinajstić information content (AvgIpc) is 3.58. The summed E-state index contributed by atoms with van der Waals surface area (Å²) in [4.78, 5) is 30.8. The van der Waals surface area contributed by atoms with Gasteiger partial charge < -0.3 is 20.7 Å². The van der Waals surface area contributed by atoms with Crippen molar-refractivity contribution in [2.75, 3.05) is 55.3 Å². The monoisotopic (exact) mass is 574 g/mol. The van der Waals surface area contributed by atoms with Crippen LogP contribution >= 0.6 is 11.3 Å². The van der Waals surface area contributed by atoms with E-state index in [1.54, 1.807) is 23.9 Å². The van der Waals surface area contributed by atoms with E-state index >= 15 is 0 Å². The predicted octanol–water partition coefficient (Wildman–Crippen LogP) is 5.38. The van der Waals surface area contributed by atoms with Crippen LogP contribution < -0.4 is 16.0 Å². The maximum absolute atomic E-state index is 13.2. The highest BCUT2D eigenvalue weighted by Gasteiger charge is 2.21. The molecule has 5 rings (SSSR count). The average molecular weight is 575 g/mol. The van der Waals surface area contributed by atoms with E-state index in [2.05, 4.69) is 62.6 Å². The van der Waals surface area contributed by atoms with Crippen LogP contribution in [0, 0.1) is 13.8 Å². The fourth-order valence-corrected chi connectivity index (χ4v) is 5.67. The van der Waals surface area contributed by atoms with Crippen molar-refractivity contribution in [1.29, 1.82) is 0 Å². The van der Waals surface area contributed by atoms with Crippen molar-refractivity contribution >= 4 is 40.4 Å². The Labute approximate surface area is 245 Å². The second-order valence-corrected chi connectivity index (χ2v) is 12.3. The number of carbonyl (C=O) groups is 1. The summed E-state index contributed by atoms with van der Waals surface area (Å²) in [6.07, 6.45) is 5.13. The SMILES string of the molecule is Cc1ccc(NC(=O)c2sc(C(C)(C)C)cc2C)cc1Nc1nccn1-c1cc(NCCN2CCOCC2)ncn1. The second-order valence-electron chi connectivity index (χ2n) is 11.2. The lowest BCUT2D eigenvalue weighted by atomic mass is 9.94. The molecular weight excluding hydrogens is 536 g/mol. The normalized spacial score (nSPS) is 14.2. The second kappa shape index (κ2) is 12.4. The minimum atomic E-state index is -0.103. The Morgan fingerprint density at radius 3 is 2.61 bits per heavy atom. The first-order valence-electron chi connectivity index (χ1n) is 13.9. The Hall–Kier alpha value is -3.80. The fraction of sp³-hybridized carbons (Fsp3) is 0.400. The zero-order chi connectivity index (χ0) is 29.0. The lowest BCUT2D eigenvalue weighted by molar-refractivity contribution is 0.0398. The van der Waals surface area contributed by atoms with Crippen LogP contribution in [-0.4, -0.2) is 69.7 Å². The van der Waals surface area contributed by atoms with Gasteiger partial charge in [0.25, 0.3) is 5.91 Å². The van der Waals surface area contributed by atoms with Crippen LogP contribution in [0.3, 0.4) is 0 Å². The molecule has 3 aromatic heterocycles. The zero-order valence-corrected chi connectivity index (χ0v) is 25.1. The van der Waals surface area contributed by atoms with Crippen molar-refractivity contribution < 1.29 is 9.53 Å². The van der Waals surface area contributed by atoms with Gasteiger partial charge in [-0.15, -0.1) is 11.3 Å². The number of aryl methyl sites for hydroxylation is 2. The van der Waals surface area contributed by atoms with Gasteiger partial charge in [-0.1, -0.05) is 26.8 Å². The minimum Gasteiger partial charge on any atom is -0.379 e. The third-order valence-corrected chi connectivity index (χ3v) is 8.64. The summed E-state index contributed by atoms with van der Waals surface area (Å²) in [7, 11) is 0. The van der Waals surface area contributed by atoms with Gasteiger partial charge in [-0.2, -0.15) is 0 Å². The number of morpholine rings is 1. The number of anilines is 4. The summed E-state index contributed by atoms with van der Waals surface area (Å²) in [5, 5.41) is 9.89. The molecule has 216 valence electrons.